The van der Waals surface area contributed by atoms with E-state index in [-0.39, 0.29) is 12.8 Å². The van der Waals surface area contributed by atoms with Gasteiger partial charge in [-0.2, -0.15) is 4.72 Å². The van der Waals surface area contributed by atoms with Crippen LogP contribution in [0.1, 0.15) is 51.7 Å². The van der Waals surface area contributed by atoms with Gasteiger partial charge in [0, 0.05) is 29.4 Å². The fourth-order valence-corrected chi connectivity index (χ4v) is 5.32. The van der Waals surface area contributed by atoms with Crippen LogP contribution in [-0.2, 0) is 21.4 Å². The van der Waals surface area contributed by atoms with Gasteiger partial charge in [0.05, 0.1) is 18.8 Å². The van der Waals surface area contributed by atoms with Crippen molar-refractivity contribution in [1.29, 1.82) is 0 Å². The summed E-state index contributed by atoms with van der Waals surface area (Å²) in [7, 11) is -4.19. The molecule has 0 bridgehead atoms. The number of alkyl halides is 2. The van der Waals surface area contributed by atoms with Gasteiger partial charge in [-0.25, -0.2) is 17.2 Å². The van der Waals surface area contributed by atoms with Gasteiger partial charge in [-0.05, 0) is 52.7 Å². The maximum absolute atomic E-state index is 13.3. The van der Waals surface area contributed by atoms with E-state index in [1.807, 2.05) is 18.2 Å². The van der Waals surface area contributed by atoms with E-state index >= 15 is 0 Å². The summed E-state index contributed by atoms with van der Waals surface area (Å²) in [6.07, 6.45) is -2.97. The number of benzene rings is 1. The molecule has 1 saturated carbocycles. The van der Waals surface area contributed by atoms with E-state index in [4.69, 9.17) is 4.74 Å². The number of rotatable bonds is 5. The molecule has 1 aliphatic heterocycles. The smallest absolute Gasteiger partial charge is 0.259 e. The summed E-state index contributed by atoms with van der Waals surface area (Å²) in [5.41, 5.74) is 1.57. The Labute approximate surface area is 171 Å². The zero-order valence-corrected chi connectivity index (χ0v) is 18.1. The minimum Gasteiger partial charge on any atom is -0.375 e. The van der Waals surface area contributed by atoms with E-state index in [1.165, 1.54) is 0 Å². The second-order valence-corrected chi connectivity index (χ2v) is 10.5. The van der Waals surface area contributed by atoms with E-state index < -0.39 is 26.7 Å². The average molecular weight is 427 g/mol. The van der Waals surface area contributed by atoms with Crippen molar-refractivity contribution in [3.8, 4) is 11.8 Å². The van der Waals surface area contributed by atoms with E-state index in [2.05, 4.69) is 35.3 Å². The minimum atomic E-state index is -4.19. The highest BCUT2D eigenvalue weighted by Gasteiger charge is 2.62. The first-order valence-corrected chi connectivity index (χ1v) is 11.3. The summed E-state index contributed by atoms with van der Waals surface area (Å²) in [5.74, 6) is 5.98. The Balaban J connectivity index is 1.89. The number of nitrogens with one attached hydrogen (secondary N) is 1. The van der Waals surface area contributed by atoms with Gasteiger partial charge in [0.25, 0.3) is 6.43 Å². The number of anilines is 1. The van der Waals surface area contributed by atoms with E-state index in [1.54, 1.807) is 13.8 Å². The van der Waals surface area contributed by atoms with Crippen LogP contribution >= 0.6 is 0 Å². The molecule has 0 amide bonds. The number of hydrogen-bond donors (Lipinski definition) is 1. The fourth-order valence-electron chi connectivity index (χ4n) is 3.52. The van der Waals surface area contributed by atoms with Crippen molar-refractivity contribution >= 4 is 15.7 Å². The number of fused-ring (bicyclic) bond motifs is 1. The zero-order chi connectivity index (χ0) is 21.4. The van der Waals surface area contributed by atoms with Crippen LogP contribution in [-0.4, -0.2) is 44.3 Å². The first-order valence-electron chi connectivity index (χ1n) is 9.80. The summed E-state index contributed by atoms with van der Waals surface area (Å²) in [5, 5.41) is 0. The normalized spacial score (nSPS) is 18.8. The van der Waals surface area contributed by atoms with Crippen molar-refractivity contribution in [2.75, 3.05) is 18.1 Å². The van der Waals surface area contributed by atoms with Gasteiger partial charge in [-0.3, -0.25) is 0 Å². The molecule has 5 nitrogen and oxygen atoms in total. The molecule has 1 aliphatic carbocycles. The molecular formula is C21H28F2N2O3S. The first kappa shape index (κ1) is 22.0. The second kappa shape index (κ2) is 7.86. The Morgan fingerprint density at radius 3 is 2.55 bits per heavy atom. The van der Waals surface area contributed by atoms with Crippen LogP contribution in [0.5, 0.6) is 0 Å². The number of nitrogens with zero attached hydrogens (tertiary/aromatic N) is 1. The van der Waals surface area contributed by atoms with Gasteiger partial charge >= 0.3 is 0 Å². The molecule has 29 heavy (non-hydrogen) atoms. The van der Waals surface area contributed by atoms with Crippen molar-refractivity contribution in [3.05, 3.63) is 29.3 Å². The highest BCUT2D eigenvalue weighted by Crippen LogP contribution is 2.48. The Morgan fingerprint density at radius 2 is 1.97 bits per heavy atom. The summed E-state index contributed by atoms with van der Waals surface area (Å²) < 4.78 is 57.6. The van der Waals surface area contributed by atoms with Crippen LogP contribution in [0.3, 0.4) is 0 Å². The van der Waals surface area contributed by atoms with Crippen molar-refractivity contribution in [1.82, 2.24) is 4.72 Å². The van der Waals surface area contributed by atoms with Crippen LogP contribution in [0.25, 0.3) is 0 Å². The standard InChI is InChI=1S/C21H28F2N2O3S/c1-15(2)25-12-13-28-14-17-16(6-5-7-18(17)25)8-9-20(3,4)24-29(26,27)21(10-11-21)19(22)23/h5-7,15,19,24H,10-14H2,1-4H3. The highest BCUT2D eigenvalue weighted by atomic mass is 32.2. The predicted molar refractivity (Wildman–Crippen MR) is 110 cm³/mol. The van der Waals surface area contributed by atoms with Crippen LogP contribution in [0.15, 0.2) is 18.2 Å². The molecular weight excluding hydrogens is 398 g/mol. The van der Waals surface area contributed by atoms with Gasteiger partial charge in [0.15, 0.2) is 0 Å². The van der Waals surface area contributed by atoms with Crippen LogP contribution in [0, 0.1) is 11.8 Å². The SMILES string of the molecule is CC(C)N1CCOCc2c(C#CC(C)(C)NS(=O)(=O)C3(C(F)F)CC3)cccc21. The maximum Gasteiger partial charge on any atom is 0.259 e. The zero-order valence-electron chi connectivity index (χ0n) is 17.3. The van der Waals surface area contributed by atoms with E-state index in [0.717, 1.165) is 23.4 Å². The highest BCUT2D eigenvalue weighted by molar-refractivity contribution is 7.91. The lowest BCUT2D eigenvalue weighted by atomic mass is 10.0. The third kappa shape index (κ3) is 4.42. The lowest BCUT2D eigenvalue weighted by molar-refractivity contribution is 0.131. The molecule has 0 saturated heterocycles. The molecule has 0 spiro atoms. The van der Waals surface area contributed by atoms with Gasteiger partial charge in [0.2, 0.25) is 10.0 Å². The summed E-state index contributed by atoms with van der Waals surface area (Å²) in [6, 6.07) is 6.11. The molecule has 1 aromatic carbocycles. The Bertz CT molecular complexity index is 929. The van der Waals surface area contributed by atoms with Crippen LogP contribution in [0.4, 0.5) is 14.5 Å². The lowest BCUT2D eigenvalue weighted by Gasteiger charge is -2.28. The summed E-state index contributed by atoms with van der Waals surface area (Å²) in [6.45, 7) is 9.20. The fraction of sp³-hybridized carbons (Fsp3) is 0.619. The molecule has 0 atom stereocenters. The molecule has 1 N–H and O–H groups in total. The minimum absolute atomic E-state index is 0.0297. The maximum atomic E-state index is 13.3. The van der Waals surface area contributed by atoms with Crippen LogP contribution < -0.4 is 9.62 Å². The Kier molecular flexibility index (Phi) is 5.96. The molecule has 2 aliphatic rings. The van der Waals surface area contributed by atoms with Gasteiger partial charge < -0.3 is 9.64 Å². The number of hydrogen-bond acceptors (Lipinski definition) is 4. The van der Waals surface area contributed by atoms with E-state index in [0.29, 0.717) is 19.3 Å². The number of ether oxygens (including phenoxy) is 1. The largest absolute Gasteiger partial charge is 0.375 e. The number of sulfonamides is 1. The average Bonchev–Trinajstić information content (AvgIpc) is 3.43. The predicted octanol–water partition coefficient (Wildman–Crippen LogP) is 3.28. The van der Waals surface area contributed by atoms with E-state index in [9.17, 15) is 17.2 Å². The van der Waals surface area contributed by atoms with Gasteiger partial charge in [-0.15, -0.1) is 0 Å². The second-order valence-electron chi connectivity index (χ2n) is 8.49. The van der Waals surface area contributed by atoms with Crippen molar-refractivity contribution in [3.63, 3.8) is 0 Å². The van der Waals surface area contributed by atoms with Gasteiger partial charge in [-0.1, -0.05) is 17.9 Å². The first-order chi connectivity index (χ1) is 13.5. The molecule has 0 aromatic heterocycles. The van der Waals surface area contributed by atoms with Crippen LogP contribution in [0.2, 0.25) is 0 Å². The third-order valence-corrected chi connectivity index (χ3v) is 7.82. The summed E-state index contributed by atoms with van der Waals surface area (Å²) in [4.78, 5) is 2.25. The topological polar surface area (TPSA) is 58.6 Å². The third-order valence-electron chi connectivity index (χ3n) is 5.38. The molecule has 0 unspecified atom stereocenters. The summed E-state index contributed by atoms with van der Waals surface area (Å²) >= 11 is 0. The molecule has 1 heterocycles. The monoisotopic (exact) mass is 426 g/mol. The molecule has 1 aromatic rings. The molecule has 160 valence electrons. The van der Waals surface area contributed by atoms with Gasteiger partial charge in [0.1, 0.15) is 4.75 Å². The molecule has 1 fully saturated rings. The Morgan fingerprint density at radius 1 is 1.28 bits per heavy atom. The van der Waals surface area contributed by atoms with Crippen molar-refractivity contribution < 1.29 is 21.9 Å². The van der Waals surface area contributed by atoms with Crippen molar-refractivity contribution in [2.24, 2.45) is 0 Å². The molecule has 8 heteroatoms. The lowest BCUT2D eigenvalue weighted by Crippen LogP contribution is -2.49. The molecule has 0 radical (unpaired) electrons. The number of halogens is 2. The molecule has 3 rings (SSSR count). The van der Waals surface area contributed by atoms with Crippen molar-refractivity contribution in [2.45, 2.75) is 69.9 Å². The quantitative estimate of drug-likeness (QED) is 0.735. The Hall–Kier alpha value is -1.69.